The number of hydrogen-bond acceptors (Lipinski definition) is 3. The number of nitrogens with one attached hydrogen (secondary N) is 2. The van der Waals surface area contributed by atoms with E-state index in [9.17, 15) is 4.79 Å². The molecule has 0 aliphatic carbocycles. The van der Waals surface area contributed by atoms with Crippen LogP contribution in [0.5, 0.6) is 0 Å². The first-order chi connectivity index (χ1) is 10.9. The van der Waals surface area contributed by atoms with Crippen molar-refractivity contribution in [3.8, 4) is 0 Å². The summed E-state index contributed by atoms with van der Waals surface area (Å²) in [5.74, 6) is 1.03. The molecular formula is C18H26N4O. The fraction of sp³-hybridized carbons (Fsp3) is 0.556. The van der Waals surface area contributed by atoms with E-state index in [0.717, 1.165) is 36.4 Å². The molecular weight excluding hydrogens is 288 g/mol. The highest BCUT2D eigenvalue weighted by atomic mass is 16.2. The van der Waals surface area contributed by atoms with Gasteiger partial charge in [-0.05, 0) is 52.8 Å². The highest BCUT2D eigenvalue weighted by molar-refractivity contribution is 5.83. The van der Waals surface area contributed by atoms with Crippen LogP contribution in [0.4, 0.5) is 0 Å². The van der Waals surface area contributed by atoms with Crippen LogP contribution in [0.1, 0.15) is 52.0 Å². The van der Waals surface area contributed by atoms with Crippen molar-refractivity contribution in [1.82, 2.24) is 20.2 Å². The van der Waals surface area contributed by atoms with E-state index in [0.29, 0.717) is 6.04 Å². The maximum absolute atomic E-state index is 12.7. The van der Waals surface area contributed by atoms with Crippen LogP contribution in [-0.2, 0) is 4.79 Å². The fourth-order valence-electron chi connectivity index (χ4n) is 3.36. The Morgan fingerprint density at radius 2 is 2.09 bits per heavy atom. The number of rotatable bonds is 4. The summed E-state index contributed by atoms with van der Waals surface area (Å²) >= 11 is 0. The maximum Gasteiger partial charge on any atom is 0.227 e. The van der Waals surface area contributed by atoms with Crippen molar-refractivity contribution < 1.29 is 4.79 Å². The number of carbonyl (C=O) groups is 1. The largest absolute Gasteiger partial charge is 0.346 e. The number of aromatic nitrogens is 2. The van der Waals surface area contributed by atoms with Gasteiger partial charge in [0, 0.05) is 12.6 Å². The summed E-state index contributed by atoms with van der Waals surface area (Å²) in [6.07, 6.45) is 0.881. The number of para-hydroxylation sites is 2. The zero-order chi connectivity index (χ0) is 16.6. The zero-order valence-corrected chi connectivity index (χ0v) is 14.4. The van der Waals surface area contributed by atoms with Gasteiger partial charge in [0.05, 0.1) is 22.5 Å². The quantitative estimate of drug-likeness (QED) is 0.912. The molecule has 5 heteroatoms. The minimum Gasteiger partial charge on any atom is -0.346 e. The van der Waals surface area contributed by atoms with Crippen molar-refractivity contribution in [2.24, 2.45) is 5.41 Å². The minimum absolute atomic E-state index is 0.109. The second kappa shape index (κ2) is 5.96. The number of hydrogen-bond donors (Lipinski definition) is 2. The topological polar surface area (TPSA) is 59.0 Å². The van der Waals surface area contributed by atoms with Crippen LogP contribution in [0.15, 0.2) is 24.3 Å². The molecule has 0 spiro atoms. The van der Waals surface area contributed by atoms with Crippen molar-refractivity contribution >= 4 is 16.9 Å². The molecule has 2 aromatic rings. The van der Waals surface area contributed by atoms with Crippen LogP contribution >= 0.6 is 0 Å². The van der Waals surface area contributed by atoms with E-state index >= 15 is 0 Å². The zero-order valence-electron chi connectivity index (χ0n) is 14.4. The van der Waals surface area contributed by atoms with E-state index in [1.807, 2.05) is 32.0 Å². The molecule has 2 unspecified atom stereocenters. The lowest BCUT2D eigenvalue weighted by atomic mass is 9.88. The number of nitrogens with zero attached hydrogens (tertiary/aromatic N) is 2. The Hall–Kier alpha value is -1.88. The number of carbonyl (C=O) groups excluding carboxylic acids is 1. The second-order valence-electron chi connectivity index (χ2n) is 7.11. The molecule has 1 aliphatic heterocycles. The van der Waals surface area contributed by atoms with E-state index in [2.05, 4.69) is 35.1 Å². The Morgan fingerprint density at radius 3 is 2.74 bits per heavy atom. The van der Waals surface area contributed by atoms with Gasteiger partial charge < -0.3 is 15.2 Å². The van der Waals surface area contributed by atoms with Crippen molar-refractivity contribution in [1.29, 1.82) is 0 Å². The molecule has 0 radical (unpaired) electrons. The molecule has 0 bridgehead atoms. The second-order valence-corrected chi connectivity index (χ2v) is 7.11. The maximum atomic E-state index is 12.7. The van der Waals surface area contributed by atoms with Gasteiger partial charge in [-0.25, -0.2) is 4.98 Å². The van der Waals surface area contributed by atoms with Crippen LogP contribution < -0.4 is 10.6 Å². The van der Waals surface area contributed by atoms with Crippen LogP contribution in [0.3, 0.4) is 0 Å². The van der Waals surface area contributed by atoms with Crippen LogP contribution in [-0.4, -0.2) is 28.5 Å². The SMILES string of the molecule is CC(NC(=O)C1(C)CCNC1)c1nc2ccccc2n1C(C)C. The van der Waals surface area contributed by atoms with Crippen LogP contribution in [0.2, 0.25) is 0 Å². The van der Waals surface area contributed by atoms with E-state index < -0.39 is 0 Å². The number of fused-ring (bicyclic) bond motifs is 1. The molecule has 5 nitrogen and oxygen atoms in total. The van der Waals surface area contributed by atoms with Gasteiger partial charge in [-0.2, -0.15) is 0 Å². The molecule has 1 aromatic heterocycles. The Bertz CT molecular complexity index is 713. The molecule has 0 saturated carbocycles. The molecule has 1 aliphatic rings. The summed E-state index contributed by atoms with van der Waals surface area (Å²) in [5.41, 5.74) is 1.78. The number of amides is 1. The average Bonchev–Trinajstić information content (AvgIpc) is 3.11. The number of benzene rings is 1. The average molecular weight is 314 g/mol. The van der Waals surface area contributed by atoms with Crippen molar-refractivity contribution in [2.75, 3.05) is 13.1 Å². The van der Waals surface area contributed by atoms with E-state index in [1.165, 1.54) is 0 Å². The van der Waals surface area contributed by atoms with Gasteiger partial charge in [-0.3, -0.25) is 4.79 Å². The first-order valence-electron chi connectivity index (χ1n) is 8.41. The van der Waals surface area contributed by atoms with Gasteiger partial charge in [0.25, 0.3) is 0 Å². The van der Waals surface area contributed by atoms with Gasteiger partial charge in [0.1, 0.15) is 5.82 Å². The molecule has 23 heavy (non-hydrogen) atoms. The summed E-state index contributed by atoms with van der Waals surface area (Å²) < 4.78 is 2.22. The molecule has 1 fully saturated rings. The molecule has 2 atom stereocenters. The molecule has 2 N–H and O–H groups in total. The summed E-state index contributed by atoms with van der Waals surface area (Å²) in [6.45, 7) is 9.99. The van der Waals surface area contributed by atoms with Crippen molar-refractivity contribution in [3.63, 3.8) is 0 Å². The Kier molecular flexibility index (Phi) is 4.15. The first-order valence-corrected chi connectivity index (χ1v) is 8.41. The van der Waals surface area contributed by atoms with Gasteiger partial charge in [0.2, 0.25) is 5.91 Å². The standard InChI is InChI=1S/C18H26N4O/c1-12(2)22-15-8-6-5-7-14(15)21-16(22)13(3)20-17(23)18(4)9-10-19-11-18/h5-8,12-13,19H,9-11H2,1-4H3,(H,20,23). The first kappa shape index (κ1) is 16.0. The summed E-state index contributed by atoms with van der Waals surface area (Å²) in [5, 5.41) is 6.45. The Balaban J connectivity index is 1.90. The van der Waals surface area contributed by atoms with E-state index in [1.54, 1.807) is 0 Å². The van der Waals surface area contributed by atoms with Gasteiger partial charge in [0.15, 0.2) is 0 Å². The normalized spacial score (nSPS) is 22.7. The molecule has 1 amide bonds. The van der Waals surface area contributed by atoms with Crippen molar-refractivity contribution in [2.45, 2.75) is 46.2 Å². The van der Waals surface area contributed by atoms with E-state index in [-0.39, 0.29) is 17.4 Å². The highest BCUT2D eigenvalue weighted by Gasteiger charge is 2.37. The van der Waals surface area contributed by atoms with Gasteiger partial charge in [-0.15, -0.1) is 0 Å². The number of imidazole rings is 1. The Labute approximate surface area is 137 Å². The van der Waals surface area contributed by atoms with Gasteiger partial charge >= 0.3 is 0 Å². The molecule has 1 saturated heterocycles. The monoisotopic (exact) mass is 314 g/mol. The molecule has 2 heterocycles. The summed E-state index contributed by atoms with van der Waals surface area (Å²) in [4.78, 5) is 17.4. The van der Waals surface area contributed by atoms with Gasteiger partial charge in [-0.1, -0.05) is 12.1 Å². The molecule has 124 valence electrons. The lowest BCUT2D eigenvalue weighted by molar-refractivity contribution is -0.130. The predicted molar refractivity (Wildman–Crippen MR) is 92.3 cm³/mol. The fourth-order valence-corrected chi connectivity index (χ4v) is 3.36. The summed E-state index contributed by atoms with van der Waals surface area (Å²) in [7, 11) is 0. The third-order valence-electron chi connectivity index (χ3n) is 4.79. The predicted octanol–water partition coefficient (Wildman–Crippen LogP) is 2.79. The minimum atomic E-state index is -0.317. The third-order valence-corrected chi connectivity index (χ3v) is 4.79. The Morgan fingerprint density at radius 1 is 1.35 bits per heavy atom. The van der Waals surface area contributed by atoms with E-state index in [4.69, 9.17) is 4.98 Å². The third kappa shape index (κ3) is 2.85. The lowest BCUT2D eigenvalue weighted by Crippen LogP contribution is -2.42. The molecule has 1 aromatic carbocycles. The van der Waals surface area contributed by atoms with Crippen LogP contribution in [0.25, 0.3) is 11.0 Å². The summed E-state index contributed by atoms with van der Waals surface area (Å²) in [6, 6.07) is 8.31. The highest BCUT2D eigenvalue weighted by Crippen LogP contribution is 2.28. The molecule has 3 rings (SSSR count). The smallest absolute Gasteiger partial charge is 0.227 e. The van der Waals surface area contributed by atoms with Crippen LogP contribution in [0, 0.1) is 5.41 Å². The van der Waals surface area contributed by atoms with Crippen molar-refractivity contribution in [3.05, 3.63) is 30.1 Å². The lowest BCUT2D eigenvalue weighted by Gasteiger charge is -2.25.